The molecule has 0 aliphatic rings. The van der Waals surface area contributed by atoms with Crippen LogP contribution in [0.2, 0.25) is 0 Å². The zero-order valence-corrected chi connectivity index (χ0v) is 7.32. The molecular weight excluding hydrogens is 214 g/mol. The highest BCUT2D eigenvalue weighted by Gasteiger charge is 2.13. The fourth-order valence-electron chi connectivity index (χ4n) is 0.553. The van der Waals surface area contributed by atoms with Gasteiger partial charge in [-0.15, -0.1) is 5.10 Å². The molecule has 11 heavy (non-hydrogen) atoms. The minimum absolute atomic E-state index is 0.394. The second-order valence-electron chi connectivity index (χ2n) is 2.01. The Bertz CT molecular complexity index is 272. The van der Waals surface area contributed by atoms with Gasteiger partial charge in [0.25, 0.3) is 0 Å². The molecule has 1 N–H and O–H groups in total. The van der Waals surface area contributed by atoms with Crippen LogP contribution in [-0.2, 0) is 4.79 Å². The van der Waals surface area contributed by atoms with Crippen LogP contribution in [0.4, 0.5) is 0 Å². The number of carbonyl (C=O) groups is 1. The molecule has 1 unspecified atom stereocenters. The number of carboxylic acid groups (broad SMARTS) is 1. The van der Waals surface area contributed by atoms with Crippen molar-refractivity contribution in [3.05, 3.63) is 11.1 Å². The predicted molar refractivity (Wildman–Crippen MR) is 40.1 cm³/mol. The summed E-state index contributed by atoms with van der Waals surface area (Å²) in [5.41, 5.74) is 0. The highest BCUT2D eigenvalue weighted by atomic mass is 79.9. The van der Waals surface area contributed by atoms with Crippen LogP contribution in [0.3, 0.4) is 0 Å². The van der Waals surface area contributed by atoms with Crippen LogP contribution in [0, 0.1) is 0 Å². The molecule has 0 saturated heterocycles. The lowest BCUT2D eigenvalue weighted by Crippen LogP contribution is -2.15. The van der Waals surface area contributed by atoms with Crippen molar-refractivity contribution in [3.63, 3.8) is 0 Å². The van der Waals surface area contributed by atoms with Gasteiger partial charge in [0, 0.05) is 0 Å². The van der Waals surface area contributed by atoms with Crippen LogP contribution in [0.5, 0.6) is 0 Å². The first-order valence-electron chi connectivity index (χ1n) is 2.90. The van der Waals surface area contributed by atoms with Crippen LogP contribution in [0.25, 0.3) is 0 Å². The largest absolute Gasteiger partial charge is 0.480 e. The van der Waals surface area contributed by atoms with E-state index in [1.165, 1.54) is 17.9 Å². The van der Waals surface area contributed by atoms with Crippen LogP contribution >= 0.6 is 15.9 Å². The minimum Gasteiger partial charge on any atom is -0.480 e. The van der Waals surface area contributed by atoms with E-state index in [0.29, 0.717) is 4.73 Å². The van der Waals surface area contributed by atoms with Gasteiger partial charge < -0.3 is 5.11 Å². The number of rotatable bonds is 2. The molecule has 1 aromatic rings. The quantitative estimate of drug-likeness (QED) is 0.795. The molecule has 0 fully saturated rings. The third-order valence-electron chi connectivity index (χ3n) is 1.23. The number of aliphatic carboxylic acids is 1. The summed E-state index contributed by atoms with van der Waals surface area (Å²) in [4.78, 5) is 14.1. The molecule has 1 aromatic heterocycles. The SMILES string of the molecule is CC(C(=O)O)n1cnc(Br)n1. The summed E-state index contributed by atoms with van der Waals surface area (Å²) < 4.78 is 1.66. The summed E-state index contributed by atoms with van der Waals surface area (Å²) in [6.45, 7) is 1.53. The number of hydrogen-bond acceptors (Lipinski definition) is 3. The lowest BCUT2D eigenvalue weighted by atomic mass is 10.4. The summed E-state index contributed by atoms with van der Waals surface area (Å²) in [5, 5.41) is 12.3. The molecular formula is C5H6BrN3O2. The van der Waals surface area contributed by atoms with Crippen LogP contribution < -0.4 is 0 Å². The molecule has 6 heteroatoms. The van der Waals surface area contributed by atoms with Crippen molar-refractivity contribution >= 4 is 21.9 Å². The molecule has 0 aliphatic carbocycles. The normalized spacial score (nSPS) is 12.9. The molecule has 0 spiro atoms. The first-order chi connectivity index (χ1) is 5.11. The summed E-state index contributed by atoms with van der Waals surface area (Å²) in [5.74, 6) is -0.928. The van der Waals surface area contributed by atoms with E-state index in [9.17, 15) is 4.79 Å². The van der Waals surface area contributed by atoms with Crippen molar-refractivity contribution < 1.29 is 9.90 Å². The third-order valence-corrected chi connectivity index (χ3v) is 1.60. The molecule has 5 nitrogen and oxygen atoms in total. The highest BCUT2D eigenvalue weighted by molar-refractivity contribution is 9.10. The number of hydrogen-bond donors (Lipinski definition) is 1. The van der Waals surface area contributed by atoms with Crippen molar-refractivity contribution in [3.8, 4) is 0 Å². The Kier molecular flexibility index (Phi) is 2.23. The molecule has 1 heterocycles. The predicted octanol–water partition coefficient (Wildman–Crippen LogP) is 0.686. The Balaban J connectivity index is 2.84. The fraction of sp³-hybridized carbons (Fsp3) is 0.400. The lowest BCUT2D eigenvalue weighted by molar-refractivity contribution is -0.140. The van der Waals surface area contributed by atoms with Crippen molar-refractivity contribution in [2.45, 2.75) is 13.0 Å². The van der Waals surface area contributed by atoms with E-state index in [1.807, 2.05) is 0 Å². The molecule has 0 bridgehead atoms. The van der Waals surface area contributed by atoms with Gasteiger partial charge >= 0.3 is 5.97 Å². The van der Waals surface area contributed by atoms with Gasteiger partial charge in [-0.1, -0.05) is 0 Å². The maximum atomic E-state index is 10.4. The van der Waals surface area contributed by atoms with E-state index in [2.05, 4.69) is 26.0 Å². The van der Waals surface area contributed by atoms with Gasteiger partial charge in [0.05, 0.1) is 0 Å². The average molecular weight is 220 g/mol. The Labute approximate surface area is 71.2 Å². The standard InChI is InChI=1S/C5H6BrN3O2/c1-3(4(10)11)9-2-7-5(6)8-9/h2-3H,1H3,(H,10,11). The van der Waals surface area contributed by atoms with Gasteiger partial charge in [0.1, 0.15) is 12.4 Å². The van der Waals surface area contributed by atoms with Gasteiger partial charge in [-0.2, -0.15) is 0 Å². The van der Waals surface area contributed by atoms with Gasteiger partial charge in [-0.25, -0.2) is 14.5 Å². The highest BCUT2D eigenvalue weighted by Crippen LogP contribution is 2.06. The molecule has 0 aliphatic heterocycles. The van der Waals surface area contributed by atoms with E-state index < -0.39 is 12.0 Å². The maximum Gasteiger partial charge on any atom is 0.328 e. The number of aromatic nitrogens is 3. The van der Waals surface area contributed by atoms with Crippen molar-refractivity contribution in [1.82, 2.24) is 14.8 Å². The maximum absolute atomic E-state index is 10.4. The summed E-state index contributed by atoms with van der Waals surface area (Å²) >= 11 is 3.01. The van der Waals surface area contributed by atoms with Crippen LogP contribution in [0.1, 0.15) is 13.0 Å². The summed E-state index contributed by atoms with van der Waals surface area (Å²) in [6, 6.07) is -0.672. The van der Waals surface area contributed by atoms with Gasteiger partial charge in [0.15, 0.2) is 0 Å². The fourth-order valence-corrected chi connectivity index (χ4v) is 0.828. The number of nitrogens with zero attached hydrogens (tertiary/aromatic N) is 3. The average Bonchev–Trinajstić information content (AvgIpc) is 2.34. The van der Waals surface area contributed by atoms with E-state index in [-0.39, 0.29) is 0 Å². The lowest BCUT2D eigenvalue weighted by Gasteiger charge is -2.03. The zero-order valence-electron chi connectivity index (χ0n) is 5.73. The Hall–Kier alpha value is -0.910. The number of carboxylic acids is 1. The van der Waals surface area contributed by atoms with Crippen LogP contribution in [-0.4, -0.2) is 25.8 Å². The van der Waals surface area contributed by atoms with Crippen molar-refractivity contribution in [1.29, 1.82) is 0 Å². The second kappa shape index (κ2) is 3.00. The van der Waals surface area contributed by atoms with Gasteiger partial charge in [-0.05, 0) is 22.9 Å². The van der Waals surface area contributed by atoms with E-state index in [0.717, 1.165) is 0 Å². The first kappa shape index (κ1) is 8.19. The van der Waals surface area contributed by atoms with Gasteiger partial charge in [-0.3, -0.25) is 0 Å². The second-order valence-corrected chi connectivity index (χ2v) is 2.72. The topological polar surface area (TPSA) is 68.0 Å². The van der Waals surface area contributed by atoms with Gasteiger partial charge in [0.2, 0.25) is 4.73 Å². The molecule has 0 aromatic carbocycles. The molecule has 1 rings (SSSR count). The Morgan fingerprint density at radius 3 is 2.91 bits per heavy atom. The molecule has 0 saturated carbocycles. The number of halogens is 1. The Morgan fingerprint density at radius 2 is 2.55 bits per heavy atom. The minimum atomic E-state index is -0.928. The monoisotopic (exact) mass is 219 g/mol. The van der Waals surface area contributed by atoms with E-state index in [1.54, 1.807) is 0 Å². The molecule has 0 amide bonds. The Morgan fingerprint density at radius 1 is 1.91 bits per heavy atom. The third kappa shape index (κ3) is 1.76. The molecule has 60 valence electrons. The first-order valence-corrected chi connectivity index (χ1v) is 3.70. The summed E-state index contributed by atoms with van der Waals surface area (Å²) in [6.07, 6.45) is 1.36. The van der Waals surface area contributed by atoms with Crippen molar-refractivity contribution in [2.75, 3.05) is 0 Å². The van der Waals surface area contributed by atoms with Crippen LogP contribution in [0.15, 0.2) is 11.1 Å². The smallest absolute Gasteiger partial charge is 0.328 e. The summed E-state index contributed by atoms with van der Waals surface area (Å²) in [7, 11) is 0. The van der Waals surface area contributed by atoms with Crippen molar-refractivity contribution in [2.24, 2.45) is 0 Å². The molecule has 0 radical (unpaired) electrons. The zero-order chi connectivity index (χ0) is 8.43. The van der Waals surface area contributed by atoms with E-state index in [4.69, 9.17) is 5.11 Å². The van der Waals surface area contributed by atoms with E-state index >= 15 is 0 Å². The molecule has 1 atom stereocenters.